The molecule has 0 radical (unpaired) electrons. The van der Waals surface area contributed by atoms with Gasteiger partial charge in [0.25, 0.3) is 5.91 Å². The molecule has 1 amide bonds. The Balaban J connectivity index is 1.82. The fraction of sp³-hybridized carbons (Fsp3) is 0.789. The first-order valence-electron chi connectivity index (χ1n) is 9.33. The van der Waals surface area contributed by atoms with Crippen molar-refractivity contribution >= 4 is 17.2 Å². The van der Waals surface area contributed by atoms with Gasteiger partial charge in [-0.1, -0.05) is 0 Å². The van der Waals surface area contributed by atoms with Gasteiger partial charge in [-0.15, -0.1) is 11.3 Å². The van der Waals surface area contributed by atoms with E-state index in [1.54, 1.807) is 11.3 Å². The van der Waals surface area contributed by atoms with Gasteiger partial charge in [0, 0.05) is 42.9 Å². The van der Waals surface area contributed by atoms with Crippen molar-refractivity contribution in [2.75, 3.05) is 19.8 Å². The van der Waals surface area contributed by atoms with Crippen molar-refractivity contribution in [2.24, 2.45) is 16.8 Å². The average molecular weight is 367 g/mol. The molecule has 3 heterocycles. The highest BCUT2D eigenvalue weighted by Gasteiger charge is 2.33. The van der Waals surface area contributed by atoms with Crippen LogP contribution < -0.4 is 4.80 Å². The minimum Gasteiger partial charge on any atom is -0.381 e. The Labute approximate surface area is 154 Å². The number of amides is 1. The molecule has 3 rings (SSSR count). The van der Waals surface area contributed by atoms with Crippen LogP contribution in [0.1, 0.15) is 50.1 Å². The third kappa shape index (κ3) is 4.60. The molecular formula is C19H30N2O3S. The summed E-state index contributed by atoms with van der Waals surface area (Å²) in [5, 5.41) is 0. The summed E-state index contributed by atoms with van der Waals surface area (Å²) in [7, 11) is 0. The number of thiazole rings is 1. The largest absolute Gasteiger partial charge is 0.381 e. The number of hydrogen-bond acceptors (Lipinski definition) is 4. The van der Waals surface area contributed by atoms with E-state index in [1.165, 1.54) is 10.6 Å². The summed E-state index contributed by atoms with van der Waals surface area (Å²) in [6.07, 6.45) is 3.69. The second-order valence-electron chi connectivity index (χ2n) is 7.94. The van der Waals surface area contributed by atoms with Gasteiger partial charge in [-0.05, 0) is 59.3 Å². The molecule has 0 aliphatic carbocycles. The van der Waals surface area contributed by atoms with Crippen molar-refractivity contribution in [3.8, 4) is 0 Å². The molecular weight excluding hydrogens is 336 g/mol. The predicted octanol–water partition coefficient (Wildman–Crippen LogP) is 3.23. The first-order chi connectivity index (χ1) is 11.9. The van der Waals surface area contributed by atoms with E-state index in [0.717, 1.165) is 50.2 Å². The van der Waals surface area contributed by atoms with Gasteiger partial charge < -0.3 is 14.0 Å². The maximum atomic E-state index is 12.8. The summed E-state index contributed by atoms with van der Waals surface area (Å²) in [6.45, 7) is 11.6. The molecule has 0 bridgehead atoms. The number of ether oxygens (including phenoxy) is 2. The number of hydrogen-bond donors (Lipinski definition) is 0. The molecule has 2 fully saturated rings. The van der Waals surface area contributed by atoms with Gasteiger partial charge in [-0.2, -0.15) is 4.99 Å². The van der Waals surface area contributed by atoms with Crippen molar-refractivity contribution in [1.82, 2.24) is 4.57 Å². The van der Waals surface area contributed by atoms with Crippen LogP contribution in [0.4, 0.5) is 0 Å². The summed E-state index contributed by atoms with van der Waals surface area (Å²) in [5.41, 5.74) is 1.00. The van der Waals surface area contributed by atoms with E-state index >= 15 is 0 Å². The highest BCUT2D eigenvalue weighted by molar-refractivity contribution is 7.09. The van der Waals surface area contributed by atoms with Crippen molar-refractivity contribution < 1.29 is 14.3 Å². The molecule has 1 atom stereocenters. The van der Waals surface area contributed by atoms with E-state index in [4.69, 9.17) is 9.47 Å². The minimum atomic E-state index is -0.229. The van der Waals surface area contributed by atoms with E-state index in [0.29, 0.717) is 12.5 Å². The summed E-state index contributed by atoms with van der Waals surface area (Å²) in [5.74, 6) is 0.596. The lowest BCUT2D eigenvalue weighted by atomic mass is 9.88. The Morgan fingerprint density at radius 3 is 2.64 bits per heavy atom. The molecule has 0 saturated carbocycles. The monoisotopic (exact) mass is 366 g/mol. The van der Waals surface area contributed by atoms with E-state index in [2.05, 4.69) is 37.3 Å². The smallest absolute Gasteiger partial charge is 0.251 e. The standard InChI is InChI=1S/C19H30N2O3S/c1-13-14(2)25-18(21(13)12-15-5-8-23-9-6-15)20-17(22)16-7-10-24-19(3,4)11-16/h15-16H,5-12H2,1-4H3. The number of aryl methyl sites for hydroxylation is 1. The Morgan fingerprint density at radius 1 is 1.24 bits per heavy atom. The van der Waals surface area contributed by atoms with Crippen molar-refractivity contribution in [3.63, 3.8) is 0 Å². The Kier molecular flexibility index (Phi) is 5.81. The molecule has 140 valence electrons. The lowest BCUT2D eigenvalue weighted by molar-refractivity contribution is -0.132. The summed E-state index contributed by atoms with van der Waals surface area (Å²) in [6, 6.07) is 0. The molecule has 1 aromatic heterocycles. The highest BCUT2D eigenvalue weighted by Crippen LogP contribution is 2.29. The zero-order valence-electron chi connectivity index (χ0n) is 15.8. The highest BCUT2D eigenvalue weighted by atomic mass is 32.1. The first-order valence-corrected chi connectivity index (χ1v) is 10.1. The van der Waals surface area contributed by atoms with Crippen LogP contribution in [0.5, 0.6) is 0 Å². The lowest BCUT2D eigenvalue weighted by Gasteiger charge is -2.33. The summed E-state index contributed by atoms with van der Waals surface area (Å²) in [4.78, 5) is 19.4. The van der Waals surface area contributed by atoms with Crippen LogP contribution in [0, 0.1) is 25.7 Å². The predicted molar refractivity (Wildman–Crippen MR) is 98.7 cm³/mol. The van der Waals surface area contributed by atoms with Gasteiger partial charge in [0.15, 0.2) is 4.80 Å². The molecule has 2 aliphatic heterocycles. The maximum Gasteiger partial charge on any atom is 0.251 e. The van der Waals surface area contributed by atoms with Crippen LogP contribution in [0.3, 0.4) is 0 Å². The van der Waals surface area contributed by atoms with Crippen LogP contribution in [-0.4, -0.2) is 35.9 Å². The van der Waals surface area contributed by atoms with Gasteiger partial charge in [0.1, 0.15) is 0 Å². The van der Waals surface area contributed by atoms with Crippen LogP contribution in [-0.2, 0) is 20.8 Å². The zero-order chi connectivity index (χ0) is 18.0. The molecule has 0 spiro atoms. The normalized spacial score (nSPS) is 25.3. The molecule has 6 heteroatoms. The quantitative estimate of drug-likeness (QED) is 0.825. The molecule has 2 aliphatic rings. The molecule has 25 heavy (non-hydrogen) atoms. The molecule has 1 unspecified atom stereocenters. The average Bonchev–Trinajstić information content (AvgIpc) is 2.82. The fourth-order valence-electron chi connectivity index (χ4n) is 3.71. The molecule has 2 saturated heterocycles. The van der Waals surface area contributed by atoms with Crippen molar-refractivity contribution in [2.45, 2.75) is 65.5 Å². The molecule has 0 aromatic carbocycles. The summed E-state index contributed by atoms with van der Waals surface area (Å²) >= 11 is 1.63. The van der Waals surface area contributed by atoms with E-state index in [1.807, 2.05) is 0 Å². The van der Waals surface area contributed by atoms with Gasteiger partial charge in [0.05, 0.1) is 5.60 Å². The Bertz CT molecular complexity index is 683. The Hall–Kier alpha value is -0.980. The minimum absolute atomic E-state index is 0.0124. The molecule has 1 aromatic rings. The second kappa shape index (κ2) is 7.72. The van der Waals surface area contributed by atoms with Crippen LogP contribution >= 0.6 is 11.3 Å². The Morgan fingerprint density at radius 2 is 1.96 bits per heavy atom. The van der Waals surface area contributed by atoms with Gasteiger partial charge in [-0.3, -0.25) is 4.79 Å². The van der Waals surface area contributed by atoms with Gasteiger partial charge >= 0.3 is 0 Å². The zero-order valence-corrected chi connectivity index (χ0v) is 16.7. The van der Waals surface area contributed by atoms with Gasteiger partial charge in [0.2, 0.25) is 0 Å². The number of carbonyl (C=O) groups is 1. The van der Waals surface area contributed by atoms with Crippen molar-refractivity contribution in [1.29, 1.82) is 0 Å². The topological polar surface area (TPSA) is 52.8 Å². The SMILES string of the molecule is Cc1sc(=NC(=O)C2CCOC(C)(C)C2)n(CC2CCOCC2)c1C. The first kappa shape index (κ1) is 18.8. The third-order valence-electron chi connectivity index (χ3n) is 5.42. The number of carbonyl (C=O) groups excluding carboxylic acids is 1. The van der Waals surface area contributed by atoms with Crippen molar-refractivity contribution in [3.05, 3.63) is 15.4 Å². The molecule has 0 N–H and O–H groups in total. The van der Waals surface area contributed by atoms with Crippen LogP contribution in [0.2, 0.25) is 0 Å². The third-order valence-corrected chi connectivity index (χ3v) is 6.52. The number of nitrogens with zero attached hydrogens (tertiary/aromatic N) is 2. The summed E-state index contributed by atoms with van der Waals surface area (Å²) < 4.78 is 13.5. The second-order valence-corrected chi connectivity index (χ2v) is 9.12. The molecule has 5 nitrogen and oxygen atoms in total. The van der Waals surface area contributed by atoms with Crippen LogP contribution in [0.15, 0.2) is 4.99 Å². The van der Waals surface area contributed by atoms with Gasteiger partial charge in [-0.25, -0.2) is 0 Å². The lowest BCUT2D eigenvalue weighted by Crippen LogP contribution is -2.37. The van der Waals surface area contributed by atoms with E-state index < -0.39 is 0 Å². The number of rotatable bonds is 3. The fourth-order valence-corrected chi connectivity index (χ4v) is 4.70. The maximum absolute atomic E-state index is 12.8. The number of aromatic nitrogens is 1. The van der Waals surface area contributed by atoms with E-state index in [-0.39, 0.29) is 17.4 Å². The van der Waals surface area contributed by atoms with Crippen LogP contribution in [0.25, 0.3) is 0 Å². The van der Waals surface area contributed by atoms with E-state index in [9.17, 15) is 4.79 Å².